The zero-order valence-electron chi connectivity index (χ0n) is 17.8. The minimum Gasteiger partial charge on any atom is -0.487 e. The van der Waals surface area contributed by atoms with Gasteiger partial charge in [-0.3, -0.25) is 9.69 Å². The number of hydrogen-bond acceptors (Lipinski definition) is 3. The van der Waals surface area contributed by atoms with Gasteiger partial charge in [0.1, 0.15) is 11.4 Å². The van der Waals surface area contributed by atoms with Gasteiger partial charge in [0.05, 0.1) is 6.04 Å². The minimum absolute atomic E-state index is 0.0243. The van der Waals surface area contributed by atoms with E-state index in [9.17, 15) is 4.79 Å². The molecule has 2 heterocycles. The molecule has 0 unspecified atom stereocenters. The van der Waals surface area contributed by atoms with Crippen LogP contribution in [0.3, 0.4) is 0 Å². The summed E-state index contributed by atoms with van der Waals surface area (Å²) in [7, 11) is 0. The third-order valence-electron chi connectivity index (χ3n) is 6.00. The third-order valence-corrected chi connectivity index (χ3v) is 6.00. The van der Waals surface area contributed by atoms with E-state index in [4.69, 9.17) is 4.74 Å². The van der Waals surface area contributed by atoms with Crippen LogP contribution in [0, 0.1) is 6.92 Å². The van der Waals surface area contributed by atoms with Gasteiger partial charge >= 0.3 is 0 Å². The standard InChI is InChI=1S/C25H32N2O2/c1-18-7-12-21-22(16-25(2,3)29-23(21)15-18)26-24(28)20-10-8-19(9-11-20)17-27-13-5-4-6-14-27/h7-12,15,22H,4-6,13-14,16-17H2,1-3H3,(H,26,28)/t22-/m1/s1. The molecule has 0 bridgehead atoms. The first kappa shape index (κ1) is 20.0. The Labute approximate surface area is 174 Å². The molecule has 1 fully saturated rings. The monoisotopic (exact) mass is 392 g/mol. The lowest BCUT2D eigenvalue weighted by atomic mass is 9.89. The zero-order chi connectivity index (χ0) is 20.4. The molecule has 1 saturated heterocycles. The highest BCUT2D eigenvalue weighted by Crippen LogP contribution is 2.40. The molecule has 2 aromatic rings. The topological polar surface area (TPSA) is 41.6 Å². The summed E-state index contributed by atoms with van der Waals surface area (Å²) in [5.74, 6) is 0.854. The van der Waals surface area contributed by atoms with E-state index in [1.165, 1.54) is 37.9 Å². The number of ether oxygens (including phenoxy) is 1. The van der Waals surface area contributed by atoms with Crippen LogP contribution in [0.5, 0.6) is 5.75 Å². The second kappa shape index (κ2) is 8.19. The molecule has 1 N–H and O–H groups in total. The Morgan fingerprint density at radius 1 is 1.10 bits per heavy atom. The van der Waals surface area contributed by atoms with Crippen molar-refractivity contribution in [3.8, 4) is 5.75 Å². The number of rotatable bonds is 4. The maximum atomic E-state index is 12.9. The highest BCUT2D eigenvalue weighted by atomic mass is 16.5. The normalized spacial score (nSPS) is 21.1. The number of hydrogen-bond donors (Lipinski definition) is 1. The van der Waals surface area contributed by atoms with Crippen molar-refractivity contribution in [2.45, 2.75) is 64.6 Å². The average molecular weight is 393 g/mol. The molecule has 0 aliphatic carbocycles. The van der Waals surface area contributed by atoms with Gasteiger partial charge in [0, 0.05) is 24.1 Å². The van der Waals surface area contributed by atoms with Gasteiger partial charge in [0.25, 0.3) is 5.91 Å². The molecule has 4 nitrogen and oxygen atoms in total. The number of aryl methyl sites for hydroxylation is 1. The van der Waals surface area contributed by atoms with Crippen molar-refractivity contribution in [3.05, 3.63) is 64.7 Å². The number of fused-ring (bicyclic) bond motifs is 1. The quantitative estimate of drug-likeness (QED) is 0.795. The Bertz CT molecular complexity index is 867. The highest BCUT2D eigenvalue weighted by Gasteiger charge is 2.34. The molecular weight excluding hydrogens is 360 g/mol. The Balaban J connectivity index is 1.45. The summed E-state index contributed by atoms with van der Waals surface area (Å²) in [6.07, 6.45) is 4.69. The van der Waals surface area contributed by atoms with Crippen LogP contribution in [-0.4, -0.2) is 29.5 Å². The first-order valence-corrected chi connectivity index (χ1v) is 10.8. The van der Waals surface area contributed by atoms with Gasteiger partial charge in [-0.25, -0.2) is 0 Å². The molecule has 2 aromatic carbocycles. The summed E-state index contributed by atoms with van der Waals surface area (Å²) >= 11 is 0. The van der Waals surface area contributed by atoms with Crippen molar-refractivity contribution in [2.75, 3.05) is 13.1 Å². The number of nitrogens with zero attached hydrogens (tertiary/aromatic N) is 1. The van der Waals surface area contributed by atoms with Crippen LogP contribution < -0.4 is 10.1 Å². The molecule has 0 aromatic heterocycles. The van der Waals surface area contributed by atoms with Gasteiger partial charge in [-0.15, -0.1) is 0 Å². The number of benzene rings is 2. The summed E-state index contributed by atoms with van der Waals surface area (Å²) in [6.45, 7) is 9.55. The summed E-state index contributed by atoms with van der Waals surface area (Å²) in [5.41, 5.74) is 3.90. The fraction of sp³-hybridized carbons (Fsp3) is 0.480. The van der Waals surface area contributed by atoms with Crippen LogP contribution in [0.1, 0.15) is 72.6 Å². The van der Waals surface area contributed by atoms with Gasteiger partial charge < -0.3 is 10.1 Å². The molecule has 4 rings (SSSR count). The van der Waals surface area contributed by atoms with Crippen molar-refractivity contribution in [1.29, 1.82) is 0 Å². The van der Waals surface area contributed by atoms with Gasteiger partial charge in [-0.05, 0) is 76.0 Å². The van der Waals surface area contributed by atoms with E-state index in [2.05, 4.69) is 61.3 Å². The predicted octanol–water partition coefficient (Wildman–Crippen LogP) is 5.01. The van der Waals surface area contributed by atoms with Gasteiger partial charge in [0.15, 0.2) is 0 Å². The Hall–Kier alpha value is -2.33. The van der Waals surface area contributed by atoms with Gasteiger partial charge in [-0.1, -0.05) is 30.7 Å². The molecule has 4 heteroatoms. The highest BCUT2D eigenvalue weighted by molar-refractivity contribution is 5.94. The fourth-order valence-corrected chi connectivity index (χ4v) is 4.47. The van der Waals surface area contributed by atoms with E-state index < -0.39 is 0 Å². The largest absolute Gasteiger partial charge is 0.487 e. The maximum absolute atomic E-state index is 12.9. The maximum Gasteiger partial charge on any atom is 0.251 e. The van der Waals surface area contributed by atoms with Gasteiger partial charge in [-0.2, -0.15) is 0 Å². The Kier molecular flexibility index (Phi) is 5.64. The van der Waals surface area contributed by atoms with Gasteiger partial charge in [0.2, 0.25) is 0 Å². The summed E-state index contributed by atoms with van der Waals surface area (Å²) in [5, 5.41) is 3.24. The van der Waals surface area contributed by atoms with Crippen molar-refractivity contribution >= 4 is 5.91 Å². The molecule has 2 aliphatic heterocycles. The molecule has 0 spiro atoms. The van der Waals surface area contributed by atoms with Crippen LogP contribution in [0.4, 0.5) is 0 Å². The molecule has 154 valence electrons. The average Bonchev–Trinajstić information content (AvgIpc) is 2.68. The van der Waals surface area contributed by atoms with E-state index in [1.807, 2.05) is 12.1 Å². The second-order valence-corrected chi connectivity index (χ2v) is 9.17. The van der Waals surface area contributed by atoms with E-state index in [1.54, 1.807) is 0 Å². The number of carbonyl (C=O) groups is 1. The number of amides is 1. The molecule has 0 radical (unpaired) electrons. The molecule has 1 amide bonds. The first-order valence-electron chi connectivity index (χ1n) is 10.8. The smallest absolute Gasteiger partial charge is 0.251 e. The molecule has 2 aliphatic rings. The minimum atomic E-state index is -0.308. The van der Waals surface area contributed by atoms with E-state index in [0.29, 0.717) is 5.56 Å². The summed E-state index contributed by atoms with van der Waals surface area (Å²) in [6, 6.07) is 14.3. The van der Waals surface area contributed by atoms with Crippen LogP contribution >= 0.6 is 0 Å². The second-order valence-electron chi connectivity index (χ2n) is 9.17. The number of carbonyl (C=O) groups excluding carboxylic acids is 1. The molecular formula is C25H32N2O2. The molecule has 1 atom stereocenters. The lowest BCUT2D eigenvalue weighted by Gasteiger charge is -2.38. The summed E-state index contributed by atoms with van der Waals surface area (Å²) < 4.78 is 6.15. The van der Waals surface area contributed by atoms with Crippen molar-refractivity contribution < 1.29 is 9.53 Å². The van der Waals surface area contributed by atoms with Crippen molar-refractivity contribution in [3.63, 3.8) is 0 Å². The van der Waals surface area contributed by atoms with Crippen LogP contribution in [0.15, 0.2) is 42.5 Å². The van der Waals surface area contributed by atoms with E-state index in [0.717, 1.165) is 29.8 Å². The molecule has 0 saturated carbocycles. The van der Waals surface area contributed by atoms with Crippen molar-refractivity contribution in [1.82, 2.24) is 10.2 Å². The SMILES string of the molecule is Cc1ccc2c(c1)OC(C)(C)C[C@H]2NC(=O)c1ccc(CN2CCCCC2)cc1. The number of likely N-dealkylation sites (tertiary alicyclic amines) is 1. The first-order chi connectivity index (χ1) is 13.9. The zero-order valence-corrected chi connectivity index (χ0v) is 17.8. The van der Waals surface area contributed by atoms with E-state index >= 15 is 0 Å². The Morgan fingerprint density at radius 3 is 2.55 bits per heavy atom. The molecule has 29 heavy (non-hydrogen) atoms. The number of piperidine rings is 1. The lowest BCUT2D eigenvalue weighted by Crippen LogP contribution is -2.41. The van der Waals surface area contributed by atoms with E-state index in [-0.39, 0.29) is 17.6 Å². The fourth-order valence-electron chi connectivity index (χ4n) is 4.47. The summed E-state index contributed by atoms with van der Waals surface area (Å²) in [4.78, 5) is 15.4. The van der Waals surface area contributed by atoms with Crippen LogP contribution in [0.2, 0.25) is 0 Å². The predicted molar refractivity (Wildman–Crippen MR) is 116 cm³/mol. The Morgan fingerprint density at radius 2 is 1.83 bits per heavy atom. The third kappa shape index (κ3) is 4.81. The van der Waals surface area contributed by atoms with Crippen LogP contribution in [0.25, 0.3) is 0 Å². The number of nitrogens with one attached hydrogen (secondary N) is 1. The van der Waals surface area contributed by atoms with Crippen LogP contribution in [-0.2, 0) is 6.54 Å². The van der Waals surface area contributed by atoms with Crippen molar-refractivity contribution in [2.24, 2.45) is 0 Å². The lowest BCUT2D eigenvalue weighted by molar-refractivity contribution is 0.0619.